The number of hydrogen-bond donors (Lipinski definition) is 2. The number of carbonyl (C=O) groups excluding carboxylic acids is 1. The summed E-state index contributed by atoms with van der Waals surface area (Å²) < 4.78 is 5.41. The first kappa shape index (κ1) is 18.5. The van der Waals surface area contributed by atoms with Gasteiger partial charge in [0.25, 0.3) is 0 Å². The molecule has 0 aliphatic carbocycles. The third-order valence-corrected chi connectivity index (χ3v) is 3.72. The first-order chi connectivity index (χ1) is 10.3. The van der Waals surface area contributed by atoms with Crippen molar-refractivity contribution in [2.24, 2.45) is 5.41 Å². The third kappa shape index (κ3) is 5.34. The van der Waals surface area contributed by atoms with Crippen LogP contribution in [-0.4, -0.2) is 26.1 Å². The van der Waals surface area contributed by atoms with Crippen LogP contribution in [-0.2, 0) is 4.79 Å². The molecule has 0 fully saturated rings. The number of para-hydroxylation sites is 1. The van der Waals surface area contributed by atoms with Gasteiger partial charge in [-0.15, -0.1) is 0 Å². The maximum Gasteiger partial charge on any atom is 0.237 e. The second kappa shape index (κ2) is 8.18. The summed E-state index contributed by atoms with van der Waals surface area (Å²) in [7, 11) is 3.49. The molecule has 0 saturated carbocycles. The molecular formula is C18H30N2O2. The van der Waals surface area contributed by atoms with E-state index in [0.717, 1.165) is 24.2 Å². The smallest absolute Gasteiger partial charge is 0.237 e. The summed E-state index contributed by atoms with van der Waals surface area (Å²) in [5.74, 6) is 0.849. The average Bonchev–Trinajstić information content (AvgIpc) is 2.49. The summed E-state index contributed by atoms with van der Waals surface area (Å²) in [6, 6.07) is 7.60. The van der Waals surface area contributed by atoms with Gasteiger partial charge in [-0.25, -0.2) is 0 Å². The molecule has 1 amide bonds. The van der Waals surface area contributed by atoms with E-state index in [-0.39, 0.29) is 23.4 Å². The number of likely N-dealkylation sites (N-methyl/N-ethyl adjacent to an activating group) is 1. The van der Waals surface area contributed by atoms with Crippen molar-refractivity contribution < 1.29 is 9.53 Å². The highest BCUT2D eigenvalue weighted by Gasteiger charge is 2.26. The van der Waals surface area contributed by atoms with Crippen molar-refractivity contribution in [1.29, 1.82) is 0 Å². The summed E-state index contributed by atoms with van der Waals surface area (Å²) in [5.41, 5.74) is 1.11. The molecule has 0 bridgehead atoms. The fourth-order valence-electron chi connectivity index (χ4n) is 2.56. The molecule has 2 atom stereocenters. The predicted octanol–water partition coefficient (Wildman–Crippen LogP) is 3.29. The minimum atomic E-state index is -0.191. The Morgan fingerprint density at radius 2 is 1.91 bits per heavy atom. The molecule has 0 aliphatic rings. The molecule has 0 saturated heterocycles. The molecular weight excluding hydrogens is 276 g/mol. The van der Waals surface area contributed by atoms with E-state index < -0.39 is 0 Å². The Balaban J connectivity index is 2.86. The maximum absolute atomic E-state index is 12.6. The molecule has 2 unspecified atom stereocenters. The van der Waals surface area contributed by atoms with Gasteiger partial charge in [-0.2, -0.15) is 0 Å². The first-order valence-corrected chi connectivity index (χ1v) is 7.93. The standard InChI is InChI=1S/C18H30N2O2/c1-7-14(13-10-8-9-11-16(13)22-6)20-17(21)15(19-5)12-18(2,3)4/h8-11,14-15,19H,7,12H2,1-6H3,(H,20,21). The van der Waals surface area contributed by atoms with Gasteiger partial charge in [0.05, 0.1) is 19.2 Å². The van der Waals surface area contributed by atoms with Crippen LogP contribution in [0.2, 0.25) is 0 Å². The minimum absolute atomic E-state index is 0.0372. The summed E-state index contributed by atoms with van der Waals surface area (Å²) in [6.45, 7) is 8.49. The van der Waals surface area contributed by atoms with Gasteiger partial charge >= 0.3 is 0 Å². The largest absolute Gasteiger partial charge is 0.496 e. The van der Waals surface area contributed by atoms with Crippen molar-refractivity contribution in [3.63, 3.8) is 0 Å². The van der Waals surface area contributed by atoms with Crippen molar-refractivity contribution in [1.82, 2.24) is 10.6 Å². The molecule has 0 aliphatic heterocycles. The minimum Gasteiger partial charge on any atom is -0.496 e. The Morgan fingerprint density at radius 1 is 1.27 bits per heavy atom. The van der Waals surface area contributed by atoms with Crippen LogP contribution < -0.4 is 15.4 Å². The number of nitrogens with one attached hydrogen (secondary N) is 2. The van der Waals surface area contributed by atoms with Crippen molar-refractivity contribution in [2.45, 2.75) is 52.6 Å². The van der Waals surface area contributed by atoms with Crippen LogP contribution in [0.1, 0.15) is 52.1 Å². The van der Waals surface area contributed by atoms with Gasteiger partial charge in [0, 0.05) is 5.56 Å². The van der Waals surface area contributed by atoms with Crippen LogP contribution in [0.3, 0.4) is 0 Å². The number of carbonyl (C=O) groups is 1. The maximum atomic E-state index is 12.6. The zero-order valence-electron chi connectivity index (χ0n) is 14.7. The SMILES string of the molecule is CCC(NC(=O)C(CC(C)(C)C)NC)c1ccccc1OC. The number of ether oxygens (including phenoxy) is 1. The fraction of sp³-hybridized carbons (Fsp3) is 0.611. The van der Waals surface area contributed by atoms with Crippen LogP contribution in [0.25, 0.3) is 0 Å². The molecule has 4 nitrogen and oxygen atoms in total. The van der Waals surface area contributed by atoms with Crippen LogP contribution in [0.5, 0.6) is 5.75 Å². The van der Waals surface area contributed by atoms with Gasteiger partial charge in [0.1, 0.15) is 5.75 Å². The van der Waals surface area contributed by atoms with Crippen LogP contribution in [0, 0.1) is 5.41 Å². The van der Waals surface area contributed by atoms with Crippen molar-refractivity contribution in [2.75, 3.05) is 14.2 Å². The number of benzene rings is 1. The molecule has 1 aromatic rings. The number of methoxy groups -OCH3 is 1. The second-order valence-corrected chi connectivity index (χ2v) is 6.82. The third-order valence-electron chi connectivity index (χ3n) is 3.72. The van der Waals surface area contributed by atoms with Gasteiger partial charge in [-0.1, -0.05) is 45.9 Å². The van der Waals surface area contributed by atoms with Gasteiger partial charge in [-0.05, 0) is 31.4 Å². The lowest BCUT2D eigenvalue weighted by atomic mass is 9.87. The van der Waals surface area contributed by atoms with Gasteiger partial charge < -0.3 is 15.4 Å². The fourth-order valence-corrected chi connectivity index (χ4v) is 2.56. The summed E-state index contributed by atoms with van der Waals surface area (Å²) in [5, 5.41) is 6.27. The first-order valence-electron chi connectivity index (χ1n) is 7.93. The lowest BCUT2D eigenvalue weighted by molar-refractivity contribution is -0.124. The zero-order chi connectivity index (χ0) is 16.8. The van der Waals surface area contributed by atoms with E-state index in [1.807, 2.05) is 31.3 Å². The number of hydrogen-bond acceptors (Lipinski definition) is 3. The van der Waals surface area contributed by atoms with E-state index in [0.29, 0.717) is 0 Å². The highest BCUT2D eigenvalue weighted by molar-refractivity contribution is 5.82. The van der Waals surface area contributed by atoms with E-state index in [4.69, 9.17) is 4.74 Å². The lowest BCUT2D eigenvalue weighted by Crippen LogP contribution is -2.45. The Hall–Kier alpha value is -1.55. The molecule has 124 valence electrons. The second-order valence-electron chi connectivity index (χ2n) is 6.82. The van der Waals surface area contributed by atoms with Crippen molar-refractivity contribution in [3.05, 3.63) is 29.8 Å². The summed E-state index contributed by atoms with van der Waals surface area (Å²) in [4.78, 5) is 12.6. The molecule has 0 aromatic heterocycles. The Labute approximate surface area is 134 Å². The summed E-state index contributed by atoms with van der Waals surface area (Å²) in [6.07, 6.45) is 1.61. The molecule has 0 spiro atoms. The molecule has 2 N–H and O–H groups in total. The lowest BCUT2D eigenvalue weighted by Gasteiger charge is -2.27. The van der Waals surface area contributed by atoms with E-state index >= 15 is 0 Å². The molecule has 0 heterocycles. The van der Waals surface area contributed by atoms with E-state index in [1.54, 1.807) is 7.11 Å². The summed E-state index contributed by atoms with van der Waals surface area (Å²) >= 11 is 0. The molecule has 0 radical (unpaired) electrons. The van der Waals surface area contributed by atoms with Crippen LogP contribution >= 0.6 is 0 Å². The molecule has 1 aromatic carbocycles. The normalized spacial score (nSPS) is 14.3. The average molecular weight is 306 g/mol. The van der Waals surface area contributed by atoms with Crippen LogP contribution in [0.15, 0.2) is 24.3 Å². The van der Waals surface area contributed by atoms with Gasteiger partial charge in [0.2, 0.25) is 5.91 Å². The predicted molar refractivity (Wildman–Crippen MR) is 91.1 cm³/mol. The van der Waals surface area contributed by atoms with Gasteiger partial charge in [0.15, 0.2) is 0 Å². The number of rotatable bonds is 7. The monoisotopic (exact) mass is 306 g/mol. The number of amides is 1. The van der Waals surface area contributed by atoms with Crippen molar-refractivity contribution >= 4 is 5.91 Å². The molecule has 4 heteroatoms. The Bertz CT molecular complexity index is 480. The highest BCUT2D eigenvalue weighted by atomic mass is 16.5. The van der Waals surface area contributed by atoms with Gasteiger partial charge in [-0.3, -0.25) is 4.79 Å². The quantitative estimate of drug-likeness (QED) is 0.813. The highest BCUT2D eigenvalue weighted by Crippen LogP contribution is 2.27. The van der Waals surface area contributed by atoms with Crippen molar-refractivity contribution in [3.8, 4) is 5.75 Å². The Morgan fingerprint density at radius 3 is 2.41 bits per heavy atom. The van der Waals surface area contributed by atoms with E-state index in [1.165, 1.54) is 0 Å². The zero-order valence-corrected chi connectivity index (χ0v) is 14.7. The van der Waals surface area contributed by atoms with E-state index in [2.05, 4.69) is 38.3 Å². The topological polar surface area (TPSA) is 50.4 Å². The van der Waals surface area contributed by atoms with E-state index in [9.17, 15) is 4.79 Å². The Kier molecular flexibility index (Phi) is 6.88. The van der Waals surface area contributed by atoms with Crippen LogP contribution in [0.4, 0.5) is 0 Å². The molecule has 1 rings (SSSR count). The molecule has 22 heavy (non-hydrogen) atoms.